The van der Waals surface area contributed by atoms with E-state index >= 15 is 0 Å². The highest BCUT2D eigenvalue weighted by molar-refractivity contribution is 6.60. The summed E-state index contributed by atoms with van der Waals surface area (Å²) < 4.78 is 0. The second kappa shape index (κ2) is 8.27. The molecule has 0 aromatic carbocycles. The Morgan fingerprint density at radius 1 is 1.43 bits per heavy atom. The molecule has 0 aromatic heterocycles. The predicted octanol–water partition coefficient (Wildman–Crippen LogP) is -0.562. The molecule has 0 unspecified atom stereocenters. The third-order valence-electron chi connectivity index (χ3n) is 0.827. The number of hydrogen-bond acceptors (Lipinski definition) is 4. The van der Waals surface area contributed by atoms with E-state index in [4.69, 9.17) is 20.7 Å². The number of amides is 1. The highest BCUT2D eigenvalue weighted by Gasteiger charge is 2.07. The average molecular weight is 227 g/mol. The molecule has 82 valence electrons. The molecule has 0 saturated heterocycles. The summed E-state index contributed by atoms with van der Waals surface area (Å²) in [6.45, 7) is 1.11. The summed E-state index contributed by atoms with van der Waals surface area (Å²) in [5.41, 5.74) is 3.76. The summed E-state index contributed by atoms with van der Waals surface area (Å²) in [6, 6.07) is -0.653. The fourth-order valence-electron chi connectivity index (χ4n) is 0.324. The number of hydrogen-bond donors (Lipinski definition) is 4. The summed E-state index contributed by atoms with van der Waals surface area (Å²) in [5.74, 6) is -1.53. The van der Waals surface area contributed by atoms with Gasteiger partial charge in [-0.15, -0.1) is 0 Å². The number of carbonyl (C=O) groups excluding carboxylic acids is 1. The predicted molar refractivity (Wildman–Crippen MR) is 48.2 cm³/mol. The molecule has 0 heterocycles. The minimum atomic E-state index is -1.36. The van der Waals surface area contributed by atoms with Crippen molar-refractivity contribution in [2.75, 3.05) is 6.54 Å². The van der Waals surface area contributed by atoms with Crippen LogP contribution < -0.4 is 11.1 Å². The van der Waals surface area contributed by atoms with Crippen molar-refractivity contribution >= 4 is 28.9 Å². The first-order chi connectivity index (χ1) is 6.27. The molecular weight excluding hydrogens is 216 g/mol. The molecule has 0 aliphatic rings. The molecule has 0 aliphatic carbocycles. The van der Waals surface area contributed by atoms with Crippen molar-refractivity contribution in [2.45, 2.75) is 13.0 Å². The van der Waals surface area contributed by atoms with Crippen LogP contribution in [0.2, 0.25) is 0 Å². The number of carbonyl (C=O) groups is 3. The topological polar surface area (TPSA) is 130 Å². The number of carboxylic acid groups (broad SMARTS) is 2. The zero-order valence-electron chi connectivity index (χ0n) is 7.36. The van der Waals surface area contributed by atoms with Crippen LogP contribution in [0.5, 0.6) is 0 Å². The lowest BCUT2D eigenvalue weighted by atomic mass is 10.3. The van der Waals surface area contributed by atoms with Gasteiger partial charge >= 0.3 is 11.4 Å². The molecule has 0 bridgehead atoms. The lowest BCUT2D eigenvalue weighted by Crippen LogP contribution is -2.40. The van der Waals surface area contributed by atoms with E-state index in [0.29, 0.717) is 0 Å². The monoisotopic (exact) mass is 226 g/mol. The van der Waals surface area contributed by atoms with Gasteiger partial charge in [-0.3, -0.25) is 9.59 Å². The van der Waals surface area contributed by atoms with E-state index in [1.807, 2.05) is 0 Å². The Morgan fingerprint density at radius 3 is 2.00 bits per heavy atom. The number of rotatable bonds is 3. The molecule has 14 heavy (non-hydrogen) atoms. The van der Waals surface area contributed by atoms with Crippen LogP contribution in [0.15, 0.2) is 0 Å². The molecule has 1 amide bonds. The number of carboxylic acids is 1. The van der Waals surface area contributed by atoms with Crippen LogP contribution >= 0.6 is 11.6 Å². The van der Waals surface area contributed by atoms with Crippen LogP contribution in [0.1, 0.15) is 6.92 Å². The van der Waals surface area contributed by atoms with Crippen LogP contribution in [0.4, 0.5) is 4.79 Å². The van der Waals surface area contributed by atoms with Gasteiger partial charge in [0, 0.05) is 11.6 Å². The lowest BCUT2D eigenvalue weighted by Gasteiger charge is -2.03. The third kappa shape index (κ3) is 17.0. The first-order valence-electron chi connectivity index (χ1n) is 3.41. The van der Waals surface area contributed by atoms with Gasteiger partial charge in [-0.2, -0.15) is 0 Å². The number of nitrogens with one attached hydrogen (secondary N) is 1. The van der Waals surface area contributed by atoms with Gasteiger partial charge in [-0.1, -0.05) is 0 Å². The fourth-order valence-corrected chi connectivity index (χ4v) is 0.324. The second-order valence-electron chi connectivity index (χ2n) is 2.15. The van der Waals surface area contributed by atoms with E-state index < -0.39 is 23.3 Å². The Hall–Kier alpha value is -1.34. The fraction of sp³-hybridized carbons (Fsp3) is 0.500. The molecule has 8 heteroatoms. The Bertz CT molecular complexity index is 214. The summed E-state index contributed by atoms with van der Waals surface area (Å²) >= 11 is 4.19. The first-order valence-corrected chi connectivity index (χ1v) is 3.78. The van der Waals surface area contributed by atoms with Crippen LogP contribution in [0, 0.1) is 0 Å². The molecule has 0 aliphatic heterocycles. The van der Waals surface area contributed by atoms with Crippen LogP contribution in [0.3, 0.4) is 0 Å². The van der Waals surface area contributed by atoms with E-state index in [0.717, 1.165) is 0 Å². The highest BCUT2D eigenvalue weighted by Crippen LogP contribution is 1.73. The second-order valence-corrected chi connectivity index (χ2v) is 2.48. The molecule has 0 fully saturated rings. The zero-order chi connectivity index (χ0) is 11.7. The SMILES string of the molecule is C[C@H](N)C(=O)NCC(=O)O.O=C(O)Cl. The van der Waals surface area contributed by atoms with Gasteiger partial charge in [-0.25, -0.2) is 4.79 Å². The maximum Gasteiger partial charge on any atom is 0.401 e. The molecule has 5 N–H and O–H groups in total. The van der Waals surface area contributed by atoms with Crippen molar-refractivity contribution in [2.24, 2.45) is 5.73 Å². The number of halogens is 1. The first kappa shape index (κ1) is 15.1. The zero-order valence-corrected chi connectivity index (χ0v) is 8.11. The largest absolute Gasteiger partial charge is 0.480 e. The van der Waals surface area contributed by atoms with E-state index in [-0.39, 0.29) is 6.54 Å². The van der Waals surface area contributed by atoms with Crippen LogP contribution in [-0.4, -0.2) is 40.1 Å². The van der Waals surface area contributed by atoms with Gasteiger partial charge in [-0.05, 0) is 6.92 Å². The van der Waals surface area contributed by atoms with E-state index in [1.165, 1.54) is 6.92 Å². The third-order valence-corrected chi connectivity index (χ3v) is 0.827. The lowest BCUT2D eigenvalue weighted by molar-refractivity contribution is -0.138. The molecule has 0 radical (unpaired) electrons. The molecule has 0 aromatic rings. The van der Waals surface area contributed by atoms with E-state index in [9.17, 15) is 9.59 Å². The van der Waals surface area contributed by atoms with Gasteiger partial charge in [0.25, 0.3) is 0 Å². The molecule has 0 rings (SSSR count). The molecule has 0 saturated carbocycles. The number of aliphatic carboxylic acids is 1. The summed E-state index contributed by atoms with van der Waals surface area (Å²) in [5, 5.41) is 17.4. The smallest absolute Gasteiger partial charge is 0.401 e. The van der Waals surface area contributed by atoms with Crippen molar-refractivity contribution in [3.05, 3.63) is 0 Å². The van der Waals surface area contributed by atoms with Gasteiger partial charge in [0.15, 0.2) is 0 Å². The highest BCUT2D eigenvalue weighted by atomic mass is 35.5. The Morgan fingerprint density at radius 2 is 1.79 bits per heavy atom. The van der Waals surface area contributed by atoms with Crippen molar-refractivity contribution in [3.8, 4) is 0 Å². The molecule has 0 spiro atoms. The maximum atomic E-state index is 10.5. The summed E-state index contributed by atoms with van der Waals surface area (Å²) in [7, 11) is 0. The normalized spacial score (nSPS) is 10.5. The maximum absolute atomic E-state index is 10.5. The van der Waals surface area contributed by atoms with Crippen molar-refractivity contribution in [1.29, 1.82) is 0 Å². The van der Waals surface area contributed by atoms with E-state index in [2.05, 4.69) is 16.9 Å². The Balaban J connectivity index is 0. The standard InChI is InChI=1S/C5H10N2O3.CHClO2/c1-3(6)5(10)7-2-4(8)9;2-1(3)4/h3H,2,6H2,1H3,(H,7,10)(H,8,9);(H,3,4)/t3-;/m0./s1. The molecule has 1 atom stereocenters. The van der Waals surface area contributed by atoms with Gasteiger partial charge in [0.1, 0.15) is 6.54 Å². The number of nitrogens with two attached hydrogens (primary N) is 1. The molecular formula is C6H11ClN2O5. The Labute approximate surface area is 84.8 Å². The molecule has 7 nitrogen and oxygen atoms in total. The van der Waals surface area contributed by atoms with Crippen LogP contribution in [-0.2, 0) is 9.59 Å². The quantitative estimate of drug-likeness (QED) is 0.477. The van der Waals surface area contributed by atoms with Gasteiger partial charge < -0.3 is 21.3 Å². The van der Waals surface area contributed by atoms with Gasteiger partial charge in [0.2, 0.25) is 5.91 Å². The van der Waals surface area contributed by atoms with Gasteiger partial charge in [0.05, 0.1) is 6.04 Å². The van der Waals surface area contributed by atoms with Crippen molar-refractivity contribution in [1.82, 2.24) is 5.32 Å². The minimum Gasteiger partial charge on any atom is -0.480 e. The van der Waals surface area contributed by atoms with Crippen LogP contribution in [0.25, 0.3) is 0 Å². The van der Waals surface area contributed by atoms with Crippen molar-refractivity contribution < 1.29 is 24.6 Å². The minimum absolute atomic E-state index is 0.375. The Kier molecular flexibility index (Phi) is 8.94. The van der Waals surface area contributed by atoms with E-state index in [1.54, 1.807) is 0 Å². The van der Waals surface area contributed by atoms with Crippen molar-refractivity contribution in [3.63, 3.8) is 0 Å². The average Bonchev–Trinajstić information content (AvgIpc) is 1.98. The summed E-state index contributed by atoms with van der Waals surface area (Å²) in [6.07, 6.45) is 0. The summed E-state index contributed by atoms with van der Waals surface area (Å²) in [4.78, 5) is 29.2.